The predicted octanol–water partition coefficient (Wildman–Crippen LogP) is 7.48. The van der Waals surface area contributed by atoms with Crippen LogP contribution in [0.25, 0.3) is 21.9 Å². The number of unbranched alkanes of at least 4 members (excludes halogenated alkanes) is 2. The van der Waals surface area contributed by atoms with E-state index in [1.54, 1.807) is 6.92 Å². The first-order valence-electron chi connectivity index (χ1n) is 10.9. The van der Waals surface area contributed by atoms with Crippen molar-refractivity contribution < 1.29 is 13.8 Å². The van der Waals surface area contributed by atoms with Crippen LogP contribution in [0, 0.1) is 30.6 Å². The standard InChI is InChI=1S/C21H26O2.C6H5BF/c1-5-6-7-8-15-11-17(22)20-18(12-15)23-21-14(4)9-10-16(13(2)3)19(20)21;1-2-3-4-5-6-7-8/h9-13,22H,5-8H2,1-4H3;6H2,1H3. The van der Waals surface area contributed by atoms with Gasteiger partial charge in [0, 0.05) is 11.7 Å². The van der Waals surface area contributed by atoms with Gasteiger partial charge in [-0.2, -0.15) is 0 Å². The Kier molecular flexibility index (Phi) is 9.55. The minimum Gasteiger partial charge on any atom is -0.507 e. The van der Waals surface area contributed by atoms with Crippen molar-refractivity contribution in [3.8, 4) is 29.4 Å². The molecule has 0 saturated heterocycles. The molecule has 2 aromatic carbocycles. The van der Waals surface area contributed by atoms with Gasteiger partial charge in [-0.05, 0) is 73.3 Å². The molecule has 1 radical (unpaired) electrons. The van der Waals surface area contributed by atoms with E-state index in [-0.39, 0.29) is 6.32 Å². The monoisotopic (exact) mass is 417 g/mol. The van der Waals surface area contributed by atoms with Crippen LogP contribution >= 0.6 is 0 Å². The fraction of sp³-hybridized carbons (Fsp3) is 0.407. The summed E-state index contributed by atoms with van der Waals surface area (Å²) in [4.78, 5) is 0. The third kappa shape index (κ3) is 6.32. The first kappa shape index (κ1) is 24.4. The summed E-state index contributed by atoms with van der Waals surface area (Å²) in [5.41, 5.74) is 5.23. The molecule has 0 aliphatic heterocycles. The quantitative estimate of drug-likeness (QED) is 0.256. The van der Waals surface area contributed by atoms with Crippen LogP contribution in [0.2, 0.25) is 6.32 Å². The smallest absolute Gasteiger partial charge is 0.367 e. The van der Waals surface area contributed by atoms with Crippen molar-refractivity contribution in [2.24, 2.45) is 0 Å². The van der Waals surface area contributed by atoms with Gasteiger partial charge in [-0.15, -0.1) is 0 Å². The molecule has 1 N–H and O–H groups in total. The lowest BCUT2D eigenvalue weighted by molar-refractivity contribution is 0.480. The van der Waals surface area contributed by atoms with Crippen LogP contribution in [0.15, 0.2) is 28.7 Å². The second kappa shape index (κ2) is 12.1. The van der Waals surface area contributed by atoms with E-state index in [1.165, 1.54) is 18.4 Å². The van der Waals surface area contributed by atoms with Gasteiger partial charge < -0.3 is 13.8 Å². The molecular weight excluding hydrogens is 386 g/mol. The van der Waals surface area contributed by atoms with E-state index in [2.05, 4.69) is 69.6 Å². The minimum absolute atomic E-state index is 0.175. The molecule has 0 aliphatic carbocycles. The van der Waals surface area contributed by atoms with Gasteiger partial charge in [0.1, 0.15) is 16.9 Å². The summed E-state index contributed by atoms with van der Waals surface area (Å²) in [5, 5.41) is 12.6. The van der Waals surface area contributed by atoms with Crippen molar-refractivity contribution in [2.45, 2.75) is 72.5 Å². The third-order valence-corrected chi connectivity index (χ3v) is 5.14. The summed E-state index contributed by atoms with van der Waals surface area (Å²) in [6.07, 6.45) is 4.74. The zero-order chi connectivity index (χ0) is 22.8. The number of phenols is 1. The summed E-state index contributed by atoms with van der Waals surface area (Å²) in [6, 6.07) is 8.29. The van der Waals surface area contributed by atoms with E-state index in [9.17, 15) is 9.42 Å². The fourth-order valence-corrected chi connectivity index (χ4v) is 3.59. The topological polar surface area (TPSA) is 33.4 Å². The SMILES string of the molecule is CC#CC#CC[B]F.CCCCCc1cc(O)c2c(c1)oc1c(C)ccc(C(C)C)c12. The Balaban J connectivity index is 0.000000366. The molecular formula is C27H31BFO2. The van der Waals surface area contributed by atoms with Crippen molar-refractivity contribution in [1.82, 2.24) is 0 Å². The summed E-state index contributed by atoms with van der Waals surface area (Å²) < 4.78 is 17.3. The summed E-state index contributed by atoms with van der Waals surface area (Å²) in [7, 11) is 0.504. The number of aromatic hydroxyl groups is 1. The Labute approximate surface area is 186 Å². The van der Waals surface area contributed by atoms with Gasteiger partial charge >= 0.3 is 7.56 Å². The number of fused-ring (bicyclic) bond motifs is 3. The van der Waals surface area contributed by atoms with Gasteiger partial charge in [-0.1, -0.05) is 57.6 Å². The number of phenolic OH excluding ortho intramolecular Hbond substituents is 1. The number of aryl methyl sites for hydroxylation is 2. The zero-order valence-corrected chi connectivity index (χ0v) is 19.2. The molecule has 31 heavy (non-hydrogen) atoms. The summed E-state index contributed by atoms with van der Waals surface area (Å²) in [6.45, 7) is 10.3. The summed E-state index contributed by atoms with van der Waals surface area (Å²) >= 11 is 0. The van der Waals surface area contributed by atoms with Crippen LogP contribution in [-0.2, 0) is 6.42 Å². The van der Waals surface area contributed by atoms with E-state index in [0.717, 1.165) is 45.9 Å². The van der Waals surface area contributed by atoms with E-state index < -0.39 is 0 Å². The maximum Gasteiger partial charge on any atom is 0.367 e. The lowest BCUT2D eigenvalue weighted by Crippen LogP contribution is -1.90. The normalized spacial score (nSPS) is 10.2. The van der Waals surface area contributed by atoms with Crippen molar-refractivity contribution in [3.05, 3.63) is 41.0 Å². The molecule has 3 aromatic rings. The average molecular weight is 417 g/mol. The third-order valence-electron chi connectivity index (χ3n) is 5.14. The maximum absolute atomic E-state index is 11.1. The van der Waals surface area contributed by atoms with Crippen LogP contribution in [0.5, 0.6) is 5.75 Å². The van der Waals surface area contributed by atoms with Gasteiger partial charge in [0.2, 0.25) is 0 Å². The number of benzene rings is 2. The highest BCUT2D eigenvalue weighted by Gasteiger charge is 2.18. The van der Waals surface area contributed by atoms with Crippen molar-refractivity contribution in [3.63, 3.8) is 0 Å². The Morgan fingerprint density at radius 3 is 2.55 bits per heavy atom. The van der Waals surface area contributed by atoms with Gasteiger partial charge in [-0.3, -0.25) is 0 Å². The minimum atomic E-state index is 0.175. The Morgan fingerprint density at radius 1 is 1.13 bits per heavy atom. The van der Waals surface area contributed by atoms with Gasteiger partial charge in [-0.25, -0.2) is 0 Å². The van der Waals surface area contributed by atoms with Crippen LogP contribution < -0.4 is 0 Å². The molecule has 0 saturated carbocycles. The Morgan fingerprint density at radius 2 is 1.90 bits per heavy atom. The van der Waals surface area contributed by atoms with Crippen LogP contribution in [0.4, 0.5) is 4.32 Å². The fourth-order valence-electron chi connectivity index (χ4n) is 3.59. The molecule has 2 nitrogen and oxygen atoms in total. The lowest BCUT2D eigenvalue weighted by Gasteiger charge is -2.09. The average Bonchev–Trinajstić information content (AvgIpc) is 3.13. The largest absolute Gasteiger partial charge is 0.507 e. The molecule has 0 aliphatic rings. The second-order valence-electron chi connectivity index (χ2n) is 7.91. The Bertz CT molecular complexity index is 1140. The van der Waals surface area contributed by atoms with Gasteiger partial charge in [0.15, 0.2) is 0 Å². The maximum atomic E-state index is 11.1. The van der Waals surface area contributed by atoms with Gasteiger partial charge in [0.25, 0.3) is 0 Å². The van der Waals surface area contributed by atoms with Crippen molar-refractivity contribution >= 4 is 29.5 Å². The zero-order valence-electron chi connectivity index (χ0n) is 19.2. The predicted molar refractivity (Wildman–Crippen MR) is 130 cm³/mol. The number of hydrogen-bond donors (Lipinski definition) is 1. The van der Waals surface area contributed by atoms with Crippen LogP contribution in [0.3, 0.4) is 0 Å². The van der Waals surface area contributed by atoms with Crippen molar-refractivity contribution in [2.75, 3.05) is 0 Å². The number of hydrogen-bond acceptors (Lipinski definition) is 2. The van der Waals surface area contributed by atoms with Crippen LogP contribution in [-0.4, -0.2) is 12.7 Å². The molecule has 0 amide bonds. The molecule has 0 bridgehead atoms. The van der Waals surface area contributed by atoms with E-state index in [1.807, 2.05) is 6.07 Å². The molecule has 3 rings (SSSR count). The molecule has 4 heteroatoms. The Hall–Kier alpha value is -2.85. The number of furan rings is 1. The van der Waals surface area contributed by atoms with E-state index in [4.69, 9.17) is 4.42 Å². The first-order chi connectivity index (χ1) is 14.9. The highest BCUT2D eigenvalue weighted by atomic mass is 19.1. The molecule has 161 valence electrons. The molecule has 0 fully saturated rings. The first-order valence-corrected chi connectivity index (χ1v) is 10.9. The number of halogens is 1. The van der Waals surface area contributed by atoms with Gasteiger partial charge in [0.05, 0.1) is 5.39 Å². The molecule has 0 atom stereocenters. The highest BCUT2D eigenvalue weighted by Crippen LogP contribution is 2.41. The molecule has 0 spiro atoms. The molecule has 1 aromatic heterocycles. The van der Waals surface area contributed by atoms with Crippen molar-refractivity contribution in [1.29, 1.82) is 0 Å². The molecule has 1 heterocycles. The number of rotatable bonds is 6. The van der Waals surface area contributed by atoms with Crippen LogP contribution in [0.1, 0.15) is 69.6 Å². The molecule has 0 unspecified atom stereocenters. The highest BCUT2D eigenvalue weighted by molar-refractivity contribution is 6.27. The van der Waals surface area contributed by atoms with E-state index >= 15 is 0 Å². The lowest BCUT2D eigenvalue weighted by atomic mass is 9.94. The second-order valence-corrected chi connectivity index (χ2v) is 7.91. The summed E-state index contributed by atoms with van der Waals surface area (Å²) in [5.74, 6) is 10.7. The van der Waals surface area contributed by atoms with E-state index in [0.29, 0.717) is 19.2 Å².